The molecule has 2 amide bonds. The predicted molar refractivity (Wildman–Crippen MR) is 114 cm³/mol. The lowest BCUT2D eigenvalue weighted by Gasteiger charge is -2.16. The highest BCUT2D eigenvalue weighted by Gasteiger charge is 2.17. The van der Waals surface area contributed by atoms with E-state index in [9.17, 15) is 22.8 Å². The highest BCUT2D eigenvalue weighted by Crippen LogP contribution is 2.24. The fourth-order valence-corrected chi connectivity index (χ4v) is 2.82. The molecule has 0 saturated carbocycles. The van der Waals surface area contributed by atoms with Crippen LogP contribution in [-0.2, 0) is 9.59 Å². The molecule has 0 heterocycles. The number of halogens is 3. The Morgan fingerprint density at radius 2 is 1.47 bits per heavy atom. The van der Waals surface area contributed by atoms with E-state index < -0.39 is 35.0 Å². The van der Waals surface area contributed by atoms with Crippen molar-refractivity contribution < 1.29 is 27.5 Å². The van der Waals surface area contributed by atoms with E-state index in [0.717, 1.165) is 6.07 Å². The van der Waals surface area contributed by atoms with Gasteiger partial charge >= 0.3 is 0 Å². The number of carbonyl (C=O) groups is 2. The Morgan fingerprint density at radius 1 is 0.812 bits per heavy atom. The van der Waals surface area contributed by atoms with Crippen molar-refractivity contribution in [1.82, 2.24) is 4.90 Å². The van der Waals surface area contributed by atoms with E-state index in [2.05, 4.69) is 10.6 Å². The molecule has 9 heteroatoms. The highest BCUT2D eigenvalue weighted by atomic mass is 19.2. The van der Waals surface area contributed by atoms with Gasteiger partial charge in [0.25, 0.3) is 0 Å². The minimum Gasteiger partial charge on any atom is -0.457 e. The van der Waals surface area contributed by atoms with Crippen LogP contribution in [-0.4, -0.2) is 36.9 Å². The summed E-state index contributed by atoms with van der Waals surface area (Å²) in [5.41, 5.74) is 0.0205. The quantitative estimate of drug-likeness (QED) is 0.506. The van der Waals surface area contributed by atoms with Crippen LogP contribution in [0.4, 0.5) is 24.5 Å². The Labute approximate surface area is 182 Å². The average Bonchev–Trinajstić information content (AvgIpc) is 2.75. The van der Waals surface area contributed by atoms with Crippen molar-refractivity contribution in [1.29, 1.82) is 0 Å². The number of ether oxygens (including phenoxy) is 1. The monoisotopic (exact) mass is 443 g/mol. The number of nitrogens with zero attached hydrogens (tertiary/aromatic N) is 1. The zero-order chi connectivity index (χ0) is 23.1. The molecule has 0 aromatic heterocycles. The van der Waals surface area contributed by atoms with Crippen LogP contribution in [0.3, 0.4) is 0 Å². The number of para-hydroxylation sites is 1. The van der Waals surface area contributed by atoms with Crippen molar-refractivity contribution in [2.75, 3.05) is 30.8 Å². The third kappa shape index (κ3) is 6.32. The summed E-state index contributed by atoms with van der Waals surface area (Å²) >= 11 is 0. The minimum absolute atomic E-state index is 0.141. The van der Waals surface area contributed by atoms with Gasteiger partial charge < -0.3 is 15.4 Å². The standard InChI is InChI=1S/C23H20F3N3O3/c1-29(14-21(31)28-19-11-10-18(24)22(25)23(19)26)13-20(30)27-15-6-5-9-17(12-15)32-16-7-3-2-4-8-16/h2-12H,13-14H2,1H3,(H,27,30)(H,28,31). The third-order valence-electron chi connectivity index (χ3n) is 4.23. The highest BCUT2D eigenvalue weighted by molar-refractivity contribution is 5.94. The molecule has 166 valence electrons. The molecular weight excluding hydrogens is 423 g/mol. The maximum atomic E-state index is 13.7. The lowest BCUT2D eigenvalue weighted by molar-refractivity contribution is -0.119. The fraction of sp³-hybridized carbons (Fsp3) is 0.130. The fourth-order valence-electron chi connectivity index (χ4n) is 2.82. The molecule has 2 N–H and O–H groups in total. The summed E-state index contributed by atoms with van der Waals surface area (Å²) in [5.74, 6) is -4.41. The Bertz CT molecular complexity index is 1110. The second-order valence-corrected chi connectivity index (χ2v) is 6.93. The van der Waals surface area contributed by atoms with E-state index in [1.165, 1.54) is 11.9 Å². The molecule has 0 spiro atoms. The van der Waals surface area contributed by atoms with Gasteiger partial charge in [0.1, 0.15) is 11.5 Å². The van der Waals surface area contributed by atoms with E-state index >= 15 is 0 Å². The molecule has 0 aliphatic rings. The number of anilines is 2. The third-order valence-corrected chi connectivity index (χ3v) is 4.23. The molecule has 32 heavy (non-hydrogen) atoms. The first-order valence-electron chi connectivity index (χ1n) is 9.56. The summed E-state index contributed by atoms with van der Waals surface area (Å²) in [6.07, 6.45) is 0. The smallest absolute Gasteiger partial charge is 0.238 e. The first-order valence-corrected chi connectivity index (χ1v) is 9.56. The minimum atomic E-state index is -1.67. The molecule has 0 unspecified atom stereocenters. The number of nitrogens with one attached hydrogen (secondary N) is 2. The van der Waals surface area contributed by atoms with Crippen LogP contribution < -0.4 is 15.4 Å². The summed E-state index contributed by atoms with van der Waals surface area (Å²) < 4.78 is 45.6. The van der Waals surface area contributed by atoms with Gasteiger partial charge in [0.15, 0.2) is 17.5 Å². The van der Waals surface area contributed by atoms with Crippen molar-refractivity contribution in [3.05, 3.63) is 84.2 Å². The molecule has 3 aromatic rings. The van der Waals surface area contributed by atoms with E-state index in [4.69, 9.17) is 4.74 Å². The molecule has 0 radical (unpaired) electrons. The van der Waals surface area contributed by atoms with Gasteiger partial charge in [-0.05, 0) is 43.4 Å². The van der Waals surface area contributed by atoms with Gasteiger partial charge in [-0.1, -0.05) is 24.3 Å². The first-order chi connectivity index (χ1) is 15.3. The van der Waals surface area contributed by atoms with Crippen LogP contribution >= 0.6 is 0 Å². The molecule has 3 rings (SSSR count). The topological polar surface area (TPSA) is 70.7 Å². The molecule has 0 aliphatic heterocycles. The van der Waals surface area contributed by atoms with Gasteiger partial charge in [-0.25, -0.2) is 13.2 Å². The number of rotatable bonds is 8. The van der Waals surface area contributed by atoms with E-state index in [0.29, 0.717) is 23.3 Å². The largest absolute Gasteiger partial charge is 0.457 e. The van der Waals surface area contributed by atoms with Crippen LogP contribution in [0.1, 0.15) is 0 Å². The second-order valence-electron chi connectivity index (χ2n) is 6.93. The molecule has 0 fully saturated rings. The lowest BCUT2D eigenvalue weighted by atomic mass is 10.2. The number of hydrogen-bond donors (Lipinski definition) is 2. The lowest BCUT2D eigenvalue weighted by Crippen LogP contribution is -2.36. The normalized spacial score (nSPS) is 10.7. The van der Waals surface area contributed by atoms with Gasteiger partial charge in [-0.2, -0.15) is 0 Å². The number of likely N-dealkylation sites (N-methyl/N-ethyl adjacent to an activating group) is 1. The Morgan fingerprint density at radius 3 is 2.19 bits per heavy atom. The van der Waals surface area contributed by atoms with Crippen LogP contribution in [0.25, 0.3) is 0 Å². The van der Waals surface area contributed by atoms with Crippen LogP contribution in [0.5, 0.6) is 11.5 Å². The Kier molecular flexibility index (Phi) is 7.45. The summed E-state index contributed by atoms with van der Waals surface area (Å²) in [5, 5.41) is 4.85. The van der Waals surface area contributed by atoms with E-state index in [1.807, 2.05) is 18.2 Å². The van der Waals surface area contributed by atoms with Crippen molar-refractivity contribution >= 4 is 23.2 Å². The molecule has 3 aromatic carbocycles. The molecular formula is C23H20F3N3O3. The first kappa shape index (κ1) is 22.8. The van der Waals surface area contributed by atoms with Crippen molar-refractivity contribution in [3.8, 4) is 11.5 Å². The molecule has 0 saturated heterocycles. The van der Waals surface area contributed by atoms with Crippen molar-refractivity contribution in [3.63, 3.8) is 0 Å². The van der Waals surface area contributed by atoms with Crippen LogP contribution in [0.2, 0.25) is 0 Å². The Hall–Kier alpha value is -3.85. The molecule has 6 nitrogen and oxygen atoms in total. The number of hydrogen-bond acceptors (Lipinski definition) is 4. The zero-order valence-corrected chi connectivity index (χ0v) is 17.1. The van der Waals surface area contributed by atoms with E-state index in [-0.39, 0.29) is 13.1 Å². The molecule has 0 atom stereocenters. The van der Waals surface area contributed by atoms with Crippen LogP contribution in [0, 0.1) is 17.5 Å². The average molecular weight is 443 g/mol. The zero-order valence-electron chi connectivity index (χ0n) is 17.1. The number of amides is 2. The summed E-state index contributed by atoms with van der Waals surface area (Å²) in [6, 6.07) is 17.6. The Balaban J connectivity index is 1.51. The number of carbonyl (C=O) groups excluding carboxylic acids is 2. The van der Waals surface area contributed by atoms with Gasteiger partial charge in [-0.3, -0.25) is 14.5 Å². The van der Waals surface area contributed by atoms with E-state index in [1.54, 1.807) is 36.4 Å². The van der Waals surface area contributed by atoms with Crippen molar-refractivity contribution in [2.24, 2.45) is 0 Å². The van der Waals surface area contributed by atoms with Gasteiger partial charge in [0, 0.05) is 11.8 Å². The number of benzene rings is 3. The van der Waals surface area contributed by atoms with Gasteiger partial charge in [0.2, 0.25) is 11.8 Å². The van der Waals surface area contributed by atoms with Crippen molar-refractivity contribution in [2.45, 2.75) is 0 Å². The maximum absolute atomic E-state index is 13.7. The summed E-state index contributed by atoms with van der Waals surface area (Å²) in [4.78, 5) is 25.7. The molecule has 0 aliphatic carbocycles. The predicted octanol–water partition coefficient (Wildman–Crippen LogP) is 4.41. The van der Waals surface area contributed by atoms with Gasteiger partial charge in [-0.15, -0.1) is 0 Å². The van der Waals surface area contributed by atoms with Gasteiger partial charge in [0.05, 0.1) is 18.8 Å². The maximum Gasteiger partial charge on any atom is 0.238 e. The summed E-state index contributed by atoms with van der Waals surface area (Å²) in [7, 11) is 1.51. The molecule has 0 bridgehead atoms. The summed E-state index contributed by atoms with van der Waals surface area (Å²) in [6.45, 7) is -0.416. The second kappa shape index (κ2) is 10.5. The van der Waals surface area contributed by atoms with Crippen LogP contribution in [0.15, 0.2) is 66.7 Å². The SMILES string of the molecule is CN(CC(=O)Nc1cccc(Oc2ccccc2)c1)CC(=O)Nc1ccc(F)c(F)c1F.